The topological polar surface area (TPSA) is 17.1 Å². The molecular weight excluding hydrogens is 148 g/mol. The average Bonchev–Trinajstić information content (AvgIpc) is 2.16. The van der Waals surface area contributed by atoms with Gasteiger partial charge >= 0.3 is 0 Å². The van der Waals surface area contributed by atoms with Crippen LogP contribution in [-0.4, -0.2) is 6.29 Å². The van der Waals surface area contributed by atoms with Crippen molar-refractivity contribution in [1.82, 2.24) is 0 Å². The van der Waals surface area contributed by atoms with Gasteiger partial charge in [0.2, 0.25) is 0 Å². The third-order valence-electron chi connectivity index (χ3n) is 2.86. The minimum Gasteiger partial charge on any atom is -0.303 e. The second-order valence-electron chi connectivity index (χ2n) is 3.81. The van der Waals surface area contributed by atoms with E-state index in [1.165, 1.54) is 25.5 Å². The highest BCUT2D eigenvalue weighted by molar-refractivity contribution is 5.59. The SMILES string of the molecule is CC=CCC1(C=O)CCCCC1. The van der Waals surface area contributed by atoms with Crippen LogP contribution < -0.4 is 0 Å². The molecule has 1 saturated carbocycles. The summed E-state index contributed by atoms with van der Waals surface area (Å²) in [4.78, 5) is 11.0. The summed E-state index contributed by atoms with van der Waals surface area (Å²) in [7, 11) is 0. The van der Waals surface area contributed by atoms with Crippen LogP contribution in [0, 0.1) is 5.41 Å². The molecule has 0 amide bonds. The van der Waals surface area contributed by atoms with E-state index in [-0.39, 0.29) is 5.41 Å². The monoisotopic (exact) mass is 166 g/mol. The molecule has 0 atom stereocenters. The van der Waals surface area contributed by atoms with Crippen molar-refractivity contribution in [1.29, 1.82) is 0 Å². The zero-order chi connectivity index (χ0) is 8.86. The minimum absolute atomic E-state index is 0.00472. The molecule has 0 radical (unpaired) electrons. The van der Waals surface area contributed by atoms with E-state index in [9.17, 15) is 4.79 Å². The predicted molar refractivity (Wildman–Crippen MR) is 51.0 cm³/mol. The molecule has 0 saturated heterocycles. The van der Waals surface area contributed by atoms with Gasteiger partial charge < -0.3 is 4.79 Å². The van der Waals surface area contributed by atoms with E-state index in [1.807, 2.05) is 13.0 Å². The number of hydrogen-bond acceptors (Lipinski definition) is 1. The molecule has 1 aliphatic rings. The highest BCUT2D eigenvalue weighted by Crippen LogP contribution is 2.37. The standard InChI is InChI=1S/C11H18O/c1-2-3-7-11(10-12)8-5-4-6-9-11/h2-3,10H,4-9H2,1H3. The molecule has 0 aliphatic heterocycles. The van der Waals surface area contributed by atoms with Crippen molar-refractivity contribution in [3.63, 3.8) is 0 Å². The van der Waals surface area contributed by atoms with Crippen LogP contribution in [0.15, 0.2) is 12.2 Å². The summed E-state index contributed by atoms with van der Waals surface area (Å²) < 4.78 is 0. The van der Waals surface area contributed by atoms with Crippen molar-refractivity contribution in [2.75, 3.05) is 0 Å². The van der Waals surface area contributed by atoms with Crippen molar-refractivity contribution >= 4 is 6.29 Å². The van der Waals surface area contributed by atoms with Gasteiger partial charge in [0.15, 0.2) is 0 Å². The van der Waals surface area contributed by atoms with Crippen molar-refractivity contribution in [2.24, 2.45) is 5.41 Å². The first kappa shape index (κ1) is 9.50. The van der Waals surface area contributed by atoms with Crippen molar-refractivity contribution in [3.8, 4) is 0 Å². The van der Waals surface area contributed by atoms with Crippen LogP contribution in [0.4, 0.5) is 0 Å². The molecule has 0 aromatic rings. The molecule has 0 unspecified atom stereocenters. The molecule has 12 heavy (non-hydrogen) atoms. The molecule has 0 spiro atoms. The maximum Gasteiger partial charge on any atom is 0.126 e. The molecule has 1 fully saturated rings. The molecule has 1 aliphatic carbocycles. The van der Waals surface area contributed by atoms with Gasteiger partial charge in [-0.2, -0.15) is 0 Å². The van der Waals surface area contributed by atoms with Gasteiger partial charge in [-0.05, 0) is 26.2 Å². The fraction of sp³-hybridized carbons (Fsp3) is 0.727. The highest BCUT2D eigenvalue weighted by Gasteiger charge is 2.29. The fourth-order valence-electron chi connectivity index (χ4n) is 1.98. The molecule has 0 N–H and O–H groups in total. The number of allylic oxidation sites excluding steroid dienone is 2. The van der Waals surface area contributed by atoms with Crippen LogP contribution in [0.3, 0.4) is 0 Å². The van der Waals surface area contributed by atoms with Gasteiger partial charge in [0, 0.05) is 5.41 Å². The average molecular weight is 166 g/mol. The quantitative estimate of drug-likeness (QED) is 0.465. The van der Waals surface area contributed by atoms with E-state index in [2.05, 4.69) is 6.08 Å². The Labute approximate surface area is 74.9 Å². The summed E-state index contributed by atoms with van der Waals surface area (Å²) in [5, 5.41) is 0. The second kappa shape index (κ2) is 4.44. The highest BCUT2D eigenvalue weighted by atomic mass is 16.1. The van der Waals surface area contributed by atoms with Gasteiger partial charge in [0.05, 0.1) is 0 Å². The van der Waals surface area contributed by atoms with Crippen LogP contribution in [0.25, 0.3) is 0 Å². The summed E-state index contributed by atoms with van der Waals surface area (Å²) in [5.74, 6) is 0. The fourth-order valence-corrected chi connectivity index (χ4v) is 1.98. The summed E-state index contributed by atoms with van der Waals surface area (Å²) in [6, 6.07) is 0. The van der Waals surface area contributed by atoms with Gasteiger partial charge in [0.1, 0.15) is 6.29 Å². The zero-order valence-corrected chi connectivity index (χ0v) is 7.88. The van der Waals surface area contributed by atoms with E-state index in [0.717, 1.165) is 19.3 Å². The first-order valence-electron chi connectivity index (χ1n) is 4.90. The lowest BCUT2D eigenvalue weighted by Gasteiger charge is -2.30. The van der Waals surface area contributed by atoms with E-state index in [0.29, 0.717) is 0 Å². The van der Waals surface area contributed by atoms with E-state index < -0.39 is 0 Å². The van der Waals surface area contributed by atoms with E-state index in [1.54, 1.807) is 0 Å². The van der Waals surface area contributed by atoms with Crippen LogP contribution in [0.5, 0.6) is 0 Å². The van der Waals surface area contributed by atoms with Crippen LogP contribution in [0.1, 0.15) is 45.4 Å². The summed E-state index contributed by atoms with van der Waals surface area (Å²) >= 11 is 0. The number of rotatable bonds is 3. The van der Waals surface area contributed by atoms with Crippen LogP contribution in [-0.2, 0) is 4.79 Å². The number of aldehydes is 1. The Kier molecular flexibility index (Phi) is 3.51. The molecule has 1 heteroatoms. The lowest BCUT2D eigenvalue weighted by molar-refractivity contribution is -0.117. The lowest BCUT2D eigenvalue weighted by Crippen LogP contribution is -2.24. The van der Waals surface area contributed by atoms with Crippen LogP contribution in [0.2, 0.25) is 0 Å². The van der Waals surface area contributed by atoms with Gasteiger partial charge in [-0.1, -0.05) is 31.4 Å². The van der Waals surface area contributed by atoms with Gasteiger partial charge in [0.25, 0.3) is 0 Å². The molecule has 0 bridgehead atoms. The smallest absolute Gasteiger partial charge is 0.126 e. The maximum atomic E-state index is 11.0. The molecule has 0 aromatic heterocycles. The van der Waals surface area contributed by atoms with Gasteiger partial charge in [-0.25, -0.2) is 0 Å². The Morgan fingerprint density at radius 2 is 1.92 bits per heavy atom. The lowest BCUT2D eigenvalue weighted by atomic mass is 9.73. The second-order valence-corrected chi connectivity index (χ2v) is 3.81. The Morgan fingerprint density at radius 1 is 1.25 bits per heavy atom. The first-order valence-corrected chi connectivity index (χ1v) is 4.90. The third kappa shape index (κ3) is 2.20. The summed E-state index contributed by atoms with van der Waals surface area (Å²) in [6.45, 7) is 2.02. The van der Waals surface area contributed by atoms with E-state index >= 15 is 0 Å². The van der Waals surface area contributed by atoms with E-state index in [4.69, 9.17) is 0 Å². The molecular formula is C11H18O. The zero-order valence-electron chi connectivity index (χ0n) is 7.88. The molecule has 1 rings (SSSR count). The molecule has 0 heterocycles. The number of carbonyl (C=O) groups excluding carboxylic acids is 1. The number of hydrogen-bond donors (Lipinski definition) is 0. The largest absolute Gasteiger partial charge is 0.303 e. The van der Waals surface area contributed by atoms with Gasteiger partial charge in [-0.3, -0.25) is 0 Å². The van der Waals surface area contributed by atoms with Crippen LogP contribution >= 0.6 is 0 Å². The van der Waals surface area contributed by atoms with Crippen molar-refractivity contribution in [2.45, 2.75) is 45.4 Å². The Balaban J connectivity index is 2.53. The summed E-state index contributed by atoms with van der Waals surface area (Å²) in [6.07, 6.45) is 12.3. The van der Waals surface area contributed by atoms with Crippen molar-refractivity contribution < 1.29 is 4.79 Å². The Hall–Kier alpha value is -0.590. The Morgan fingerprint density at radius 3 is 2.42 bits per heavy atom. The minimum atomic E-state index is 0.00472. The molecule has 1 nitrogen and oxygen atoms in total. The number of carbonyl (C=O) groups is 1. The first-order chi connectivity index (χ1) is 5.83. The molecule has 0 aromatic carbocycles. The Bertz CT molecular complexity index is 164. The molecule has 68 valence electrons. The third-order valence-corrected chi connectivity index (χ3v) is 2.86. The predicted octanol–water partition coefficient (Wildman–Crippen LogP) is 3.10. The summed E-state index contributed by atoms with van der Waals surface area (Å²) in [5.41, 5.74) is 0.00472. The maximum absolute atomic E-state index is 11.0. The van der Waals surface area contributed by atoms with Gasteiger partial charge in [-0.15, -0.1) is 0 Å². The van der Waals surface area contributed by atoms with Crippen molar-refractivity contribution in [3.05, 3.63) is 12.2 Å². The normalized spacial score (nSPS) is 22.8.